The van der Waals surface area contributed by atoms with E-state index >= 15 is 0 Å². The number of benzene rings is 2. The summed E-state index contributed by atoms with van der Waals surface area (Å²) in [5.74, 6) is 1.10. The van der Waals surface area contributed by atoms with E-state index in [0.29, 0.717) is 28.7 Å². The molecule has 4 rings (SSSR count). The number of nitrogens with zero attached hydrogens (tertiary/aromatic N) is 3. The maximum Gasteiger partial charge on any atom is 0.255 e. The Bertz CT molecular complexity index is 1170. The molecule has 9 heteroatoms. The summed E-state index contributed by atoms with van der Waals surface area (Å²) in [5.41, 5.74) is 1.70. The molecule has 1 aromatic heterocycles. The number of anilines is 2. The molecular weight excluding hydrogens is 462 g/mol. The first-order valence-corrected chi connectivity index (χ1v) is 12.8. The topological polar surface area (TPSA) is 98.1 Å². The molecule has 0 radical (unpaired) electrons. The summed E-state index contributed by atoms with van der Waals surface area (Å²) in [6.45, 7) is 3.84. The SMILES string of the molecule is COc1ccccc1NC(=O)c1ccc(NC(=O)C(C)Sc2nnc(C)n2C2CCCCC2)cc1. The van der Waals surface area contributed by atoms with E-state index in [1.165, 1.54) is 31.0 Å². The minimum atomic E-state index is -0.352. The molecule has 1 unspecified atom stereocenters. The monoisotopic (exact) mass is 493 g/mol. The lowest BCUT2D eigenvalue weighted by Crippen LogP contribution is -2.23. The Morgan fingerprint density at radius 3 is 2.46 bits per heavy atom. The van der Waals surface area contributed by atoms with Gasteiger partial charge in [-0.3, -0.25) is 9.59 Å². The molecule has 2 aromatic carbocycles. The Labute approximate surface area is 209 Å². The fourth-order valence-corrected chi connectivity index (χ4v) is 5.26. The van der Waals surface area contributed by atoms with E-state index in [4.69, 9.17) is 4.74 Å². The van der Waals surface area contributed by atoms with Crippen LogP contribution >= 0.6 is 11.8 Å². The highest BCUT2D eigenvalue weighted by molar-refractivity contribution is 8.00. The van der Waals surface area contributed by atoms with Crippen LogP contribution in [0.1, 0.15) is 61.3 Å². The van der Waals surface area contributed by atoms with Gasteiger partial charge in [-0.1, -0.05) is 43.2 Å². The smallest absolute Gasteiger partial charge is 0.255 e. The average molecular weight is 494 g/mol. The van der Waals surface area contributed by atoms with Gasteiger partial charge in [0.25, 0.3) is 5.91 Å². The second-order valence-corrected chi connectivity index (χ2v) is 9.98. The van der Waals surface area contributed by atoms with E-state index in [-0.39, 0.29) is 17.1 Å². The van der Waals surface area contributed by atoms with Gasteiger partial charge in [0.1, 0.15) is 11.6 Å². The minimum Gasteiger partial charge on any atom is -0.495 e. The summed E-state index contributed by atoms with van der Waals surface area (Å²) in [6.07, 6.45) is 5.97. The van der Waals surface area contributed by atoms with Crippen LogP contribution in [-0.4, -0.2) is 38.9 Å². The van der Waals surface area contributed by atoms with Crippen molar-refractivity contribution >= 4 is 35.0 Å². The summed E-state index contributed by atoms with van der Waals surface area (Å²) in [6, 6.07) is 14.4. The van der Waals surface area contributed by atoms with Gasteiger partial charge >= 0.3 is 0 Å². The molecule has 2 N–H and O–H groups in total. The van der Waals surface area contributed by atoms with Crippen LogP contribution in [0.2, 0.25) is 0 Å². The maximum atomic E-state index is 12.9. The average Bonchev–Trinajstić information content (AvgIpc) is 3.24. The van der Waals surface area contributed by atoms with Crippen LogP contribution in [0.25, 0.3) is 0 Å². The van der Waals surface area contributed by atoms with Crippen molar-refractivity contribution in [1.82, 2.24) is 14.8 Å². The van der Waals surface area contributed by atoms with Gasteiger partial charge < -0.3 is 19.9 Å². The van der Waals surface area contributed by atoms with Crippen LogP contribution in [0.15, 0.2) is 53.7 Å². The molecule has 0 bridgehead atoms. The zero-order valence-electron chi connectivity index (χ0n) is 20.3. The molecule has 1 fully saturated rings. The first-order chi connectivity index (χ1) is 17.0. The van der Waals surface area contributed by atoms with Crippen LogP contribution in [0, 0.1) is 6.92 Å². The van der Waals surface area contributed by atoms with Crippen molar-refractivity contribution in [1.29, 1.82) is 0 Å². The number of methoxy groups -OCH3 is 1. The van der Waals surface area contributed by atoms with E-state index in [9.17, 15) is 9.59 Å². The number of thioether (sulfide) groups is 1. The normalized spacial score (nSPS) is 14.8. The zero-order chi connectivity index (χ0) is 24.8. The van der Waals surface area contributed by atoms with Crippen molar-refractivity contribution in [3.05, 3.63) is 59.9 Å². The molecule has 2 amide bonds. The first kappa shape index (κ1) is 24.8. The highest BCUT2D eigenvalue weighted by atomic mass is 32.2. The zero-order valence-corrected chi connectivity index (χ0v) is 21.1. The van der Waals surface area contributed by atoms with Gasteiger partial charge in [0.05, 0.1) is 18.0 Å². The van der Waals surface area contributed by atoms with Crippen molar-refractivity contribution in [2.45, 2.75) is 62.4 Å². The number of para-hydroxylation sites is 2. The quantitative estimate of drug-likeness (QED) is 0.404. The lowest BCUT2D eigenvalue weighted by molar-refractivity contribution is -0.115. The lowest BCUT2D eigenvalue weighted by Gasteiger charge is -2.25. The molecule has 8 nitrogen and oxygen atoms in total. The van der Waals surface area contributed by atoms with E-state index in [1.54, 1.807) is 43.5 Å². The van der Waals surface area contributed by atoms with Crippen molar-refractivity contribution in [2.24, 2.45) is 0 Å². The Balaban J connectivity index is 1.36. The Morgan fingerprint density at radius 1 is 1.03 bits per heavy atom. The highest BCUT2D eigenvalue weighted by Crippen LogP contribution is 2.34. The third-order valence-corrected chi connectivity index (χ3v) is 7.25. The van der Waals surface area contributed by atoms with Gasteiger partial charge in [0.2, 0.25) is 5.91 Å². The second kappa shape index (κ2) is 11.4. The summed E-state index contributed by atoms with van der Waals surface area (Å²) < 4.78 is 7.48. The predicted molar refractivity (Wildman–Crippen MR) is 138 cm³/mol. The molecular formula is C26H31N5O3S. The van der Waals surface area contributed by atoms with E-state index < -0.39 is 0 Å². The Morgan fingerprint density at radius 2 is 1.74 bits per heavy atom. The largest absolute Gasteiger partial charge is 0.495 e. The van der Waals surface area contributed by atoms with E-state index in [0.717, 1.165) is 23.8 Å². The molecule has 3 aromatic rings. The lowest BCUT2D eigenvalue weighted by atomic mass is 9.95. The molecule has 1 aliphatic rings. The summed E-state index contributed by atoms with van der Waals surface area (Å²) in [7, 11) is 1.56. The fourth-order valence-electron chi connectivity index (χ4n) is 4.29. The van der Waals surface area contributed by atoms with Gasteiger partial charge in [0.15, 0.2) is 5.16 Å². The molecule has 0 spiro atoms. The number of hydrogen-bond donors (Lipinski definition) is 2. The predicted octanol–water partition coefficient (Wildman–Crippen LogP) is 5.47. The molecule has 1 heterocycles. The fraction of sp³-hybridized carbons (Fsp3) is 0.385. The third kappa shape index (κ3) is 6.03. The molecule has 35 heavy (non-hydrogen) atoms. The molecule has 1 saturated carbocycles. The van der Waals surface area contributed by atoms with Gasteiger partial charge in [-0.25, -0.2) is 0 Å². The van der Waals surface area contributed by atoms with Gasteiger partial charge in [-0.05, 0) is 63.1 Å². The van der Waals surface area contributed by atoms with Crippen molar-refractivity contribution in [3.63, 3.8) is 0 Å². The number of ether oxygens (including phenoxy) is 1. The first-order valence-electron chi connectivity index (χ1n) is 11.9. The van der Waals surface area contributed by atoms with Crippen molar-refractivity contribution in [2.75, 3.05) is 17.7 Å². The number of hydrogen-bond acceptors (Lipinski definition) is 6. The van der Waals surface area contributed by atoms with Crippen LogP contribution in [-0.2, 0) is 4.79 Å². The second-order valence-electron chi connectivity index (χ2n) is 8.67. The number of carbonyl (C=O) groups is 2. The van der Waals surface area contributed by atoms with Gasteiger partial charge in [-0.15, -0.1) is 10.2 Å². The number of amides is 2. The van der Waals surface area contributed by atoms with Gasteiger partial charge in [0, 0.05) is 17.3 Å². The standard InChI is InChI=1S/C26H31N5O3S/c1-17(35-26-30-29-18(2)31(26)21-9-5-4-6-10-21)24(32)27-20-15-13-19(14-16-20)25(33)28-22-11-7-8-12-23(22)34-3/h7-8,11-17,21H,4-6,9-10H2,1-3H3,(H,27,32)(H,28,33). The third-order valence-electron chi connectivity index (χ3n) is 6.20. The molecule has 0 aliphatic heterocycles. The van der Waals surface area contributed by atoms with Gasteiger partial charge in [-0.2, -0.15) is 0 Å². The Hall–Kier alpha value is -3.33. The van der Waals surface area contributed by atoms with Crippen LogP contribution in [0.3, 0.4) is 0 Å². The van der Waals surface area contributed by atoms with Crippen molar-refractivity contribution in [3.8, 4) is 5.75 Å². The van der Waals surface area contributed by atoms with Crippen LogP contribution in [0.4, 0.5) is 11.4 Å². The highest BCUT2D eigenvalue weighted by Gasteiger charge is 2.24. The molecule has 1 atom stereocenters. The molecule has 184 valence electrons. The number of rotatable bonds is 8. The summed E-state index contributed by atoms with van der Waals surface area (Å²) in [4.78, 5) is 25.5. The van der Waals surface area contributed by atoms with E-state index in [2.05, 4.69) is 25.4 Å². The minimum absolute atomic E-state index is 0.128. The summed E-state index contributed by atoms with van der Waals surface area (Å²) in [5, 5.41) is 14.8. The number of aromatic nitrogens is 3. The number of aryl methyl sites for hydroxylation is 1. The van der Waals surface area contributed by atoms with Crippen LogP contribution in [0.5, 0.6) is 5.75 Å². The number of nitrogens with one attached hydrogen (secondary N) is 2. The van der Waals surface area contributed by atoms with E-state index in [1.807, 2.05) is 26.0 Å². The maximum absolute atomic E-state index is 12.9. The Kier molecular flexibility index (Phi) is 8.07. The summed E-state index contributed by atoms with van der Waals surface area (Å²) >= 11 is 1.43. The van der Waals surface area contributed by atoms with Crippen LogP contribution < -0.4 is 15.4 Å². The number of carbonyl (C=O) groups excluding carboxylic acids is 2. The molecule has 0 saturated heterocycles. The van der Waals surface area contributed by atoms with Crippen molar-refractivity contribution < 1.29 is 14.3 Å². The molecule has 1 aliphatic carbocycles.